The lowest BCUT2D eigenvalue weighted by atomic mass is 10.1. The Morgan fingerprint density at radius 3 is 2.24 bits per heavy atom. The Morgan fingerprint density at radius 1 is 0.909 bits per heavy atom. The van der Waals surface area contributed by atoms with Gasteiger partial charge in [0.25, 0.3) is 0 Å². The van der Waals surface area contributed by atoms with Gasteiger partial charge in [0.2, 0.25) is 15.9 Å². The molecule has 0 aliphatic heterocycles. The number of rotatable bonds is 10. The van der Waals surface area contributed by atoms with E-state index >= 15 is 0 Å². The Balaban J connectivity index is 1.93. The number of amides is 1. The first kappa shape index (κ1) is 24.3. The van der Waals surface area contributed by atoms with Crippen LogP contribution in [-0.2, 0) is 27.8 Å². The summed E-state index contributed by atoms with van der Waals surface area (Å²) in [5, 5.41) is 2.85. The van der Waals surface area contributed by atoms with E-state index in [1.807, 2.05) is 55.5 Å². The fourth-order valence-corrected chi connectivity index (χ4v) is 4.84. The number of nitrogens with zero attached hydrogens (tertiary/aromatic N) is 1. The molecular weight excluding hydrogens is 440 g/mol. The van der Waals surface area contributed by atoms with Gasteiger partial charge in [0.05, 0.1) is 25.7 Å². The van der Waals surface area contributed by atoms with E-state index in [1.54, 1.807) is 6.07 Å². The van der Waals surface area contributed by atoms with Gasteiger partial charge in [-0.1, -0.05) is 55.5 Å². The summed E-state index contributed by atoms with van der Waals surface area (Å²) in [5.74, 6) is 0.287. The zero-order valence-corrected chi connectivity index (χ0v) is 19.8. The van der Waals surface area contributed by atoms with E-state index in [4.69, 9.17) is 9.47 Å². The van der Waals surface area contributed by atoms with Crippen molar-refractivity contribution in [3.05, 3.63) is 83.9 Å². The van der Waals surface area contributed by atoms with Crippen molar-refractivity contribution in [1.82, 2.24) is 4.31 Å². The van der Waals surface area contributed by atoms with Crippen molar-refractivity contribution < 1.29 is 22.7 Å². The maximum absolute atomic E-state index is 13.6. The first-order valence-corrected chi connectivity index (χ1v) is 12.0. The fourth-order valence-electron chi connectivity index (χ4n) is 3.44. The SMILES string of the molecule is CCc1ccccc1NC(=O)CN(Cc1ccccc1)S(=O)(=O)c1ccc(OC)c(OC)c1. The van der Waals surface area contributed by atoms with E-state index in [9.17, 15) is 13.2 Å². The Labute approximate surface area is 195 Å². The van der Waals surface area contributed by atoms with Crippen LogP contribution in [0, 0.1) is 0 Å². The van der Waals surface area contributed by atoms with Gasteiger partial charge in [-0.3, -0.25) is 4.79 Å². The molecule has 0 saturated heterocycles. The molecule has 3 rings (SSSR count). The zero-order chi connectivity index (χ0) is 23.8. The van der Waals surface area contributed by atoms with E-state index in [-0.39, 0.29) is 18.0 Å². The lowest BCUT2D eigenvalue weighted by Crippen LogP contribution is -2.37. The van der Waals surface area contributed by atoms with Gasteiger partial charge in [-0.25, -0.2) is 8.42 Å². The maximum Gasteiger partial charge on any atom is 0.243 e. The third-order valence-electron chi connectivity index (χ3n) is 5.19. The van der Waals surface area contributed by atoms with Crippen LogP contribution >= 0.6 is 0 Å². The number of hydrogen-bond acceptors (Lipinski definition) is 5. The second-order valence-electron chi connectivity index (χ2n) is 7.33. The number of hydrogen-bond donors (Lipinski definition) is 1. The summed E-state index contributed by atoms with van der Waals surface area (Å²) in [6, 6.07) is 21.0. The van der Waals surface area contributed by atoms with Gasteiger partial charge >= 0.3 is 0 Å². The number of benzene rings is 3. The Morgan fingerprint density at radius 2 is 1.58 bits per heavy atom. The highest BCUT2D eigenvalue weighted by molar-refractivity contribution is 7.89. The van der Waals surface area contributed by atoms with Crippen LogP contribution < -0.4 is 14.8 Å². The number of carbonyl (C=O) groups is 1. The van der Waals surface area contributed by atoms with Crippen LogP contribution in [0.1, 0.15) is 18.1 Å². The van der Waals surface area contributed by atoms with E-state index in [0.717, 1.165) is 21.9 Å². The molecule has 0 unspecified atom stereocenters. The molecule has 33 heavy (non-hydrogen) atoms. The molecule has 0 bridgehead atoms. The molecule has 0 spiro atoms. The second-order valence-corrected chi connectivity index (χ2v) is 9.27. The smallest absolute Gasteiger partial charge is 0.243 e. The van der Waals surface area contributed by atoms with Crippen molar-refractivity contribution in [2.45, 2.75) is 24.8 Å². The van der Waals surface area contributed by atoms with Crippen LogP contribution in [-0.4, -0.2) is 39.4 Å². The summed E-state index contributed by atoms with van der Waals surface area (Å²) in [6.07, 6.45) is 0.744. The number of ether oxygens (including phenoxy) is 2. The van der Waals surface area contributed by atoms with Crippen molar-refractivity contribution in [2.24, 2.45) is 0 Å². The first-order chi connectivity index (χ1) is 15.9. The van der Waals surface area contributed by atoms with E-state index in [0.29, 0.717) is 17.2 Å². The molecule has 1 N–H and O–H groups in total. The monoisotopic (exact) mass is 468 g/mol. The molecule has 0 aromatic heterocycles. The predicted octanol–water partition coefficient (Wildman–Crippen LogP) is 4.10. The van der Waals surface area contributed by atoms with Gasteiger partial charge in [0.1, 0.15) is 0 Å². The van der Waals surface area contributed by atoms with E-state index in [1.165, 1.54) is 32.4 Å². The van der Waals surface area contributed by atoms with Crippen molar-refractivity contribution in [3.8, 4) is 11.5 Å². The molecule has 1 amide bonds. The number of aryl methyl sites for hydroxylation is 1. The molecule has 0 saturated carbocycles. The molecule has 3 aromatic carbocycles. The molecule has 0 aliphatic rings. The Kier molecular flexibility index (Phi) is 8.08. The van der Waals surface area contributed by atoms with Crippen molar-refractivity contribution in [2.75, 3.05) is 26.1 Å². The molecule has 0 radical (unpaired) electrons. The lowest BCUT2D eigenvalue weighted by molar-refractivity contribution is -0.116. The van der Waals surface area contributed by atoms with Gasteiger partial charge in [0, 0.05) is 18.3 Å². The number of sulfonamides is 1. The quantitative estimate of drug-likeness (QED) is 0.484. The third-order valence-corrected chi connectivity index (χ3v) is 6.97. The Bertz CT molecular complexity index is 1200. The molecule has 0 aliphatic carbocycles. The fraction of sp³-hybridized carbons (Fsp3) is 0.240. The highest BCUT2D eigenvalue weighted by Gasteiger charge is 2.28. The molecular formula is C25H28N2O5S. The average molecular weight is 469 g/mol. The van der Waals surface area contributed by atoms with Crippen LogP contribution in [0.25, 0.3) is 0 Å². The summed E-state index contributed by atoms with van der Waals surface area (Å²) < 4.78 is 38.8. The van der Waals surface area contributed by atoms with Gasteiger partial charge < -0.3 is 14.8 Å². The molecule has 0 atom stereocenters. The predicted molar refractivity (Wildman–Crippen MR) is 128 cm³/mol. The Hall–Kier alpha value is -3.36. The van der Waals surface area contributed by atoms with Crippen LogP contribution in [0.2, 0.25) is 0 Å². The first-order valence-electron chi connectivity index (χ1n) is 10.5. The number of anilines is 1. The van der Waals surface area contributed by atoms with Crippen molar-refractivity contribution >= 4 is 21.6 Å². The second kappa shape index (κ2) is 11.0. The average Bonchev–Trinajstić information content (AvgIpc) is 2.84. The highest BCUT2D eigenvalue weighted by atomic mass is 32.2. The van der Waals surface area contributed by atoms with Crippen molar-refractivity contribution in [3.63, 3.8) is 0 Å². The summed E-state index contributed by atoms with van der Waals surface area (Å²) in [5.41, 5.74) is 2.42. The number of para-hydroxylation sites is 1. The summed E-state index contributed by atoms with van der Waals surface area (Å²) in [4.78, 5) is 12.9. The number of nitrogens with one attached hydrogen (secondary N) is 1. The lowest BCUT2D eigenvalue weighted by Gasteiger charge is -2.23. The summed E-state index contributed by atoms with van der Waals surface area (Å²) in [7, 11) is -1.11. The van der Waals surface area contributed by atoms with Crippen LogP contribution in [0.3, 0.4) is 0 Å². The molecule has 174 valence electrons. The minimum absolute atomic E-state index is 0.0119. The molecule has 0 fully saturated rings. The van der Waals surface area contributed by atoms with Crippen molar-refractivity contribution in [1.29, 1.82) is 0 Å². The number of methoxy groups -OCH3 is 2. The third kappa shape index (κ3) is 5.91. The van der Waals surface area contributed by atoms with Gasteiger partial charge in [-0.2, -0.15) is 4.31 Å². The minimum Gasteiger partial charge on any atom is -0.493 e. The van der Waals surface area contributed by atoms with Crippen LogP contribution in [0.15, 0.2) is 77.7 Å². The summed E-state index contributed by atoms with van der Waals surface area (Å²) >= 11 is 0. The van der Waals surface area contributed by atoms with E-state index in [2.05, 4.69) is 5.32 Å². The largest absolute Gasteiger partial charge is 0.493 e. The van der Waals surface area contributed by atoms with Gasteiger partial charge in [0.15, 0.2) is 11.5 Å². The minimum atomic E-state index is -4.02. The van der Waals surface area contributed by atoms with E-state index < -0.39 is 15.9 Å². The highest BCUT2D eigenvalue weighted by Crippen LogP contribution is 2.31. The van der Waals surface area contributed by atoms with Crippen LogP contribution in [0.5, 0.6) is 11.5 Å². The molecule has 8 heteroatoms. The van der Waals surface area contributed by atoms with Crippen LogP contribution in [0.4, 0.5) is 5.69 Å². The van der Waals surface area contributed by atoms with Gasteiger partial charge in [-0.15, -0.1) is 0 Å². The normalized spacial score (nSPS) is 11.3. The molecule has 7 nitrogen and oxygen atoms in total. The number of carbonyl (C=O) groups excluding carboxylic acids is 1. The maximum atomic E-state index is 13.6. The molecule has 3 aromatic rings. The topological polar surface area (TPSA) is 84.9 Å². The standard InChI is InChI=1S/C25H28N2O5S/c1-4-20-12-8-9-13-22(20)26-25(28)18-27(17-19-10-6-5-7-11-19)33(29,30)21-14-15-23(31-2)24(16-21)32-3/h5-16H,4,17-18H2,1-3H3,(H,26,28). The summed E-state index contributed by atoms with van der Waals surface area (Å²) in [6.45, 7) is 1.69. The van der Waals surface area contributed by atoms with Gasteiger partial charge in [-0.05, 0) is 35.7 Å². The molecule has 0 heterocycles. The zero-order valence-electron chi connectivity index (χ0n) is 18.9.